The van der Waals surface area contributed by atoms with Crippen molar-refractivity contribution in [3.63, 3.8) is 0 Å². The number of fused-ring (bicyclic) bond motifs is 1. The Morgan fingerprint density at radius 2 is 1.75 bits per heavy atom. The number of nitriles is 1. The zero-order valence-corrected chi connectivity index (χ0v) is 18.9. The first-order valence-electron chi connectivity index (χ1n) is 10.1. The molecule has 7 heteroatoms. The Kier molecular flexibility index (Phi) is 5.72. The highest BCUT2D eigenvalue weighted by Crippen LogP contribution is 2.35. The number of rotatable bonds is 5. The molecule has 0 spiro atoms. The number of pyridine rings is 1. The first-order chi connectivity index (χ1) is 15.3. The molecule has 0 bridgehead atoms. The molecular weight excluding hydrogens is 420 g/mol. The number of amides is 2. The zero-order chi connectivity index (χ0) is 22.9. The standard InChI is InChI=1S/C25H22N4O2S/c1-25(2,3)18-7-9-19(10-8-18)32-28-20-11-6-17(13-26)21-22(20)24(31)29(23(21)30)15-16-5-4-12-27-14-16/h4-12,14,28H,15H2,1-3H3. The molecule has 1 aromatic heterocycles. The molecule has 3 aromatic rings. The van der Waals surface area contributed by atoms with Gasteiger partial charge in [-0.3, -0.25) is 19.5 Å². The second-order valence-electron chi connectivity index (χ2n) is 8.56. The lowest BCUT2D eigenvalue weighted by atomic mass is 9.87. The molecule has 1 aliphatic rings. The zero-order valence-electron chi connectivity index (χ0n) is 18.0. The SMILES string of the molecule is CC(C)(C)c1ccc(SNc2ccc(C#N)c3c2C(=O)N(Cc2cccnc2)C3=O)cc1. The number of carbonyl (C=O) groups excluding carboxylic acids is 2. The van der Waals surface area contributed by atoms with Crippen LogP contribution in [0.5, 0.6) is 0 Å². The molecular formula is C25H22N4O2S. The van der Waals surface area contributed by atoms with Crippen LogP contribution in [0, 0.1) is 11.3 Å². The van der Waals surface area contributed by atoms with E-state index in [0.717, 1.165) is 15.4 Å². The number of nitrogens with zero attached hydrogens (tertiary/aromatic N) is 3. The van der Waals surface area contributed by atoms with Crippen LogP contribution in [0.2, 0.25) is 0 Å². The van der Waals surface area contributed by atoms with E-state index in [0.29, 0.717) is 5.69 Å². The van der Waals surface area contributed by atoms with Crippen LogP contribution in [0.25, 0.3) is 0 Å². The highest BCUT2D eigenvalue weighted by Gasteiger charge is 2.39. The van der Waals surface area contributed by atoms with Crippen molar-refractivity contribution in [2.24, 2.45) is 0 Å². The largest absolute Gasteiger partial charge is 0.325 e. The Balaban J connectivity index is 1.61. The van der Waals surface area contributed by atoms with Gasteiger partial charge in [-0.1, -0.05) is 39.0 Å². The maximum Gasteiger partial charge on any atom is 0.264 e. The van der Waals surface area contributed by atoms with Gasteiger partial charge in [-0.2, -0.15) is 5.26 Å². The lowest BCUT2D eigenvalue weighted by molar-refractivity contribution is 0.0642. The number of anilines is 1. The highest BCUT2D eigenvalue weighted by molar-refractivity contribution is 8.00. The number of hydrogen-bond donors (Lipinski definition) is 1. The van der Waals surface area contributed by atoms with E-state index in [2.05, 4.69) is 42.6 Å². The molecule has 0 fully saturated rings. The summed E-state index contributed by atoms with van der Waals surface area (Å²) in [4.78, 5) is 32.4. The van der Waals surface area contributed by atoms with Gasteiger partial charge in [-0.15, -0.1) is 0 Å². The fourth-order valence-corrected chi connectivity index (χ4v) is 4.21. The molecule has 32 heavy (non-hydrogen) atoms. The van der Waals surface area contributed by atoms with Crippen molar-refractivity contribution in [2.75, 3.05) is 4.72 Å². The summed E-state index contributed by atoms with van der Waals surface area (Å²) in [6.07, 6.45) is 3.25. The lowest BCUT2D eigenvalue weighted by Crippen LogP contribution is -2.29. The van der Waals surface area contributed by atoms with Crippen molar-refractivity contribution in [2.45, 2.75) is 37.6 Å². The van der Waals surface area contributed by atoms with E-state index in [1.165, 1.54) is 17.5 Å². The molecule has 6 nitrogen and oxygen atoms in total. The van der Waals surface area contributed by atoms with Gasteiger partial charge in [0.25, 0.3) is 11.8 Å². The van der Waals surface area contributed by atoms with E-state index in [9.17, 15) is 14.9 Å². The van der Waals surface area contributed by atoms with Gasteiger partial charge in [-0.05, 0) is 58.8 Å². The van der Waals surface area contributed by atoms with Crippen molar-refractivity contribution in [1.82, 2.24) is 9.88 Å². The summed E-state index contributed by atoms with van der Waals surface area (Å²) >= 11 is 1.36. The van der Waals surface area contributed by atoms with Crippen LogP contribution in [-0.4, -0.2) is 21.7 Å². The van der Waals surface area contributed by atoms with E-state index >= 15 is 0 Å². The third kappa shape index (κ3) is 4.10. The van der Waals surface area contributed by atoms with Gasteiger partial charge in [0.05, 0.1) is 35.0 Å². The highest BCUT2D eigenvalue weighted by atomic mass is 32.2. The lowest BCUT2D eigenvalue weighted by Gasteiger charge is -2.19. The molecule has 0 radical (unpaired) electrons. The average molecular weight is 443 g/mol. The molecule has 0 saturated carbocycles. The number of nitrogens with one attached hydrogen (secondary N) is 1. The molecule has 0 aliphatic carbocycles. The quantitative estimate of drug-likeness (QED) is 0.434. The van der Waals surface area contributed by atoms with E-state index in [1.54, 1.807) is 36.7 Å². The topological polar surface area (TPSA) is 86.1 Å². The third-order valence-electron chi connectivity index (χ3n) is 5.31. The smallest absolute Gasteiger partial charge is 0.264 e. The maximum absolute atomic E-state index is 13.2. The number of benzene rings is 2. The molecule has 2 heterocycles. The summed E-state index contributed by atoms with van der Waals surface area (Å²) in [7, 11) is 0. The van der Waals surface area contributed by atoms with Crippen LogP contribution in [0.4, 0.5) is 5.69 Å². The summed E-state index contributed by atoms with van der Waals surface area (Å²) in [6, 6.07) is 17.0. The fourth-order valence-electron chi connectivity index (χ4n) is 3.54. The van der Waals surface area contributed by atoms with Crippen molar-refractivity contribution in [3.05, 3.63) is 88.7 Å². The molecule has 2 aromatic carbocycles. The van der Waals surface area contributed by atoms with E-state index < -0.39 is 11.8 Å². The van der Waals surface area contributed by atoms with Crippen LogP contribution in [0.15, 0.2) is 65.8 Å². The molecule has 160 valence electrons. The Morgan fingerprint density at radius 1 is 1.03 bits per heavy atom. The first kappa shape index (κ1) is 21.6. The molecule has 1 aliphatic heterocycles. The fraction of sp³-hybridized carbons (Fsp3) is 0.200. The van der Waals surface area contributed by atoms with E-state index in [-0.39, 0.29) is 28.7 Å². The van der Waals surface area contributed by atoms with Crippen LogP contribution < -0.4 is 4.72 Å². The molecule has 4 rings (SSSR count). The Bertz CT molecular complexity index is 1230. The summed E-state index contributed by atoms with van der Waals surface area (Å²) in [5, 5.41) is 9.50. The summed E-state index contributed by atoms with van der Waals surface area (Å²) in [5.74, 6) is -0.884. The van der Waals surface area contributed by atoms with Gasteiger partial charge < -0.3 is 4.72 Å². The van der Waals surface area contributed by atoms with Crippen molar-refractivity contribution >= 4 is 29.4 Å². The van der Waals surface area contributed by atoms with Gasteiger partial charge in [-0.25, -0.2) is 0 Å². The Labute approximate surface area is 191 Å². The number of imide groups is 1. The molecule has 1 N–H and O–H groups in total. The predicted octanol–water partition coefficient (Wildman–Crippen LogP) is 5.17. The molecule has 0 unspecified atom stereocenters. The van der Waals surface area contributed by atoms with Gasteiger partial charge >= 0.3 is 0 Å². The van der Waals surface area contributed by atoms with Crippen LogP contribution in [-0.2, 0) is 12.0 Å². The van der Waals surface area contributed by atoms with Crippen LogP contribution in [0.3, 0.4) is 0 Å². The second-order valence-corrected chi connectivity index (χ2v) is 9.44. The molecule has 2 amide bonds. The normalized spacial score (nSPS) is 13.1. The minimum atomic E-state index is -0.464. The summed E-state index contributed by atoms with van der Waals surface area (Å²) in [6.45, 7) is 6.58. The van der Waals surface area contributed by atoms with Gasteiger partial charge in [0.15, 0.2) is 0 Å². The van der Waals surface area contributed by atoms with Gasteiger partial charge in [0.2, 0.25) is 0 Å². The Hall–Kier alpha value is -3.63. The van der Waals surface area contributed by atoms with E-state index in [4.69, 9.17) is 0 Å². The van der Waals surface area contributed by atoms with Gasteiger partial charge in [0, 0.05) is 17.3 Å². The van der Waals surface area contributed by atoms with Crippen LogP contribution >= 0.6 is 11.9 Å². The van der Waals surface area contributed by atoms with E-state index in [1.807, 2.05) is 18.2 Å². The number of carbonyl (C=O) groups is 2. The van der Waals surface area contributed by atoms with Gasteiger partial charge in [0.1, 0.15) is 0 Å². The Morgan fingerprint density at radius 3 is 2.38 bits per heavy atom. The minimum absolute atomic E-state index is 0.0646. The minimum Gasteiger partial charge on any atom is -0.325 e. The summed E-state index contributed by atoms with van der Waals surface area (Å²) in [5.41, 5.74) is 3.12. The number of aromatic nitrogens is 1. The van der Waals surface area contributed by atoms with Crippen molar-refractivity contribution < 1.29 is 9.59 Å². The molecule has 0 saturated heterocycles. The monoisotopic (exact) mass is 442 g/mol. The average Bonchev–Trinajstić information content (AvgIpc) is 3.03. The number of hydrogen-bond acceptors (Lipinski definition) is 6. The predicted molar refractivity (Wildman–Crippen MR) is 124 cm³/mol. The summed E-state index contributed by atoms with van der Waals surface area (Å²) < 4.78 is 3.20. The third-order valence-corrected chi connectivity index (χ3v) is 6.14. The molecule has 0 atom stereocenters. The first-order valence-corrected chi connectivity index (χ1v) is 11.0. The maximum atomic E-state index is 13.2. The van der Waals surface area contributed by atoms with Crippen molar-refractivity contribution in [3.8, 4) is 6.07 Å². The second kappa shape index (κ2) is 8.48. The van der Waals surface area contributed by atoms with Crippen molar-refractivity contribution in [1.29, 1.82) is 5.26 Å². The van der Waals surface area contributed by atoms with Crippen LogP contribution in [0.1, 0.15) is 58.2 Å².